The minimum atomic E-state index is 0. The summed E-state index contributed by atoms with van der Waals surface area (Å²) in [6.45, 7) is 1.97. The lowest BCUT2D eigenvalue weighted by atomic mass is 10.4. The van der Waals surface area contributed by atoms with Crippen LogP contribution in [-0.4, -0.2) is 13.4 Å². The molecule has 1 rings (SSSR count). The van der Waals surface area contributed by atoms with E-state index in [1.165, 1.54) is 0 Å². The summed E-state index contributed by atoms with van der Waals surface area (Å²) in [4.78, 5) is 3.98. The summed E-state index contributed by atoms with van der Waals surface area (Å²) in [5.74, 6) is 0. The van der Waals surface area contributed by atoms with Crippen LogP contribution in [0.25, 0.3) is 0 Å². The lowest BCUT2D eigenvalue weighted by Crippen LogP contribution is -1.72. The third kappa shape index (κ3) is 1.78. The molecule has 0 saturated heterocycles. The van der Waals surface area contributed by atoms with Crippen molar-refractivity contribution in [1.82, 2.24) is 4.98 Å². The molecule has 0 spiro atoms. The molecule has 2 heteroatoms. The molecule has 0 aliphatic carbocycles. The molecule has 0 aliphatic heterocycles. The van der Waals surface area contributed by atoms with Gasteiger partial charge in [0.25, 0.3) is 0 Å². The zero-order valence-electron chi connectivity index (χ0n) is 4.83. The molecule has 0 atom stereocenters. The third-order valence-electron chi connectivity index (χ3n) is 0.813. The predicted molar refractivity (Wildman–Crippen MR) is 34.7 cm³/mol. The van der Waals surface area contributed by atoms with E-state index in [0.717, 1.165) is 5.69 Å². The summed E-state index contributed by atoms with van der Waals surface area (Å²) in [7, 11) is 0. The number of pyridine rings is 1. The molecule has 0 saturated carbocycles. The lowest BCUT2D eigenvalue weighted by molar-refractivity contribution is 1.20. The van der Waals surface area contributed by atoms with E-state index in [1.807, 2.05) is 25.1 Å². The number of hydrogen-bond acceptors (Lipinski definition) is 1. The normalized spacial score (nSPS) is 7.62. The first-order chi connectivity index (χ1) is 3.39. The fourth-order valence-electron chi connectivity index (χ4n) is 0.448. The molecule has 0 unspecified atom stereocenters. The molecule has 0 aromatic carbocycles. The molecule has 39 valence electrons. The van der Waals surface area contributed by atoms with Gasteiger partial charge in [-0.1, -0.05) is 6.07 Å². The minimum absolute atomic E-state index is 0. The van der Waals surface area contributed by atoms with E-state index >= 15 is 0 Å². The first-order valence-corrected chi connectivity index (χ1v) is 2.27. The molecule has 0 aliphatic rings. The molecule has 3 radical (unpaired) electrons. The van der Waals surface area contributed by atoms with Crippen LogP contribution in [0.15, 0.2) is 24.4 Å². The SMILES string of the molecule is Cc1ccccn1.[B]. The Labute approximate surface area is 51.3 Å². The molecular formula is C6H7BN. The van der Waals surface area contributed by atoms with Gasteiger partial charge in [-0.15, -0.1) is 0 Å². The predicted octanol–water partition coefficient (Wildman–Crippen LogP) is 1.01. The van der Waals surface area contributed by atoms with E-state index in [-0.39, 0.29) is 8.41 Å². The van der Waals surface area contributed by atoms with Gasteiger partial charge >= 0.3 is 0 Å². The van der Waals surface area contributed by atoms with E-state index in [2.05, 4.69) is 4.98 Å². The van der Waals surface area contributed by atoms with Crippen LogP contribution in [0.4, 0.5) is 0 Å². The first kappa shape index (κ1) is 7.21. The molecule has 1 heterocycles. The summed E-state index contributed by atoms with van der Waals surface area (Å²) in [6, 6.07) is 5.86. The standard InChI is InChI=1S/C6H7N.B/c1-6-4-2-3-5-7-6;/h2-5H,1H3;. The Bertz CT molecular complexity index is 138. The zero-order valence-corrected chi connectivity index (χ0v) is 4.83. The monoisotopic (exact) mass is 104 g/mol. The van der Waals surface area contributed by atoms with E-state index in [9.17, 15) is 0 Å². The summed E-state index contributed by atoms with van der Waals surface area (Å²) in [5, 5.41) is 0. The molecular weight excluding hydrogens is 96.9 g/mol. The summed E-state index contributed by atoms with van der Waals surface area (Å²) in [5.41, 5.74) is 1.07. The maximum Gasteiger partial charge on any atom is 0.0372 e. The van der Waals surface area contributed by atoms with Crippen LogP contribution in [0.1, 0.15) is 5.69 Å². The average molecular weight is 104 g/mol. The van der Waals surface area contributed by atoms with Crippen molar-refractivity contribution in [2.45, 2.75) is 6.92 Å². The van der Waals surface area contributed by atoms with Crippen molar-refractivity contribution in [2.75, 3.05) is 0 Å². The van der Waals surface area contributed by atoms with Crippen LogP contribution < -0.4 is 0 Å². The smallest absolute Gasteiger partial charge is 0.0372 e. The van der Waals surface area contributed by atoms with Gasteiger partial charge in [0.05, 0.1) is 0 Å². The van der Waals surface area contributed by atoms with Crippen molar-refractivity contribution in [3.8, 4) is 0 Å². The Morgan fingerprint density at radius 3 is 2.38 bits per heavy atom. The highest BCUT2D eigenvalue weighted by molar-refractivity contribution is 5.75. The minimum Gasteiger partial charge on any atom is -0.262 e. The quantitative estimate of drug-likeness (QED) is 0.447. The molecule has 8 heavy (non-hydrogen) atoms. The van der Waals surface area contributed by atoms with Gasteiger partial charge in [0.2, 0.25) is 0 Å². The number of rotatable bonds is 0. The molecule has 0 N–H and O–H groups in total. The number of aromatic nitrogens is 1. The average Bonchev–Trinajstić information content (AvgIpc) is 1.69. The van der Waals surface area contributed by atoms with Crippen LogP contribution in [0, 0.1) is 6.92 Å². The first-order valence-electron chi connectivity index (χ1n) is 2.27. The van der Waals surface area contributed by atoms with Crippen LogP contribution in [0.3, 0.4) is 0 Å². The highest BCUT2D eigenvalue weighted by atomic mass is 14.6. The summed E-state index contributed by atoms with van der Waals surface area (Å²) < 4.78 is 0. The van der Waals surface area contributed by atoms with Gasteiger partial charge < -0.3 is 0 Å². The molecule has 1 aromatic rings. The second-order valence-corrected chi connectivity index (χ2v) is 1.47. The van der Waals surface area contributed by atoms with Gasteiger partial charge in [0, 0.05) is 20.3 Å². The van der Waals surface area contributed by atoms with Crippen LogP contribution in [-0.2, 0) is 0 Å². The molecule has 0 bridgehead atoms. The Balaban J connectivity index is 0.000000490. The summed E-state index contributed by atoms with van der Waals surface area (Å²) >= 11 is 0. The van der Waals surface area contributed by atoms with Crippen molar-refractivity contribution < 1.29 is 0 Å². The van der Waals surface area contributed by atoms with Crippen molar-refractivity contribution in [1.29, 1.82) is 0 Å². The molecule has 1 nitrogen and oxygen atoms in total. The zero-order chi connectivity index (χ0) is 5.11. The van der Waals surface area contributed by atoms with Crippen molar-refractivity contribution in [3.63, 3.8) is 0 Å². The van der Waals surface area contributed by atoms with Crippen molar-refractivity contribution in [3.05, 3.63) is 30.1 Å². The third-order valence-corrected chi connectivity index (χ3v) is 0.813. The maximum absolute atomic E-state index is 3.98. The highest BCUT2D eigenvalue weighted by Gasteiger charge is 1.73. The highest BCUT2D eigenvalue weighted by Crippen LogP contribution is 1.85. The Morgan fingerprint density at radius 1 is 1.38 bits per heavy atom. The Morgan fingerprint density at radius 2 is 2.12 bits per heavy atom. The van der Waals surface area contributed by atoms with Crippen LogP contribution >= 0.6 is 0 Å². The van der Waals surface area contributed by atoms with Crippen molar-refractivity contribution >= 4 is 8.41 Å². The number of hydrogen-bond donors (Lipinski definition) is 0. The van der Waals surface area contributed by atoms with Gasteiger partial charge in [-0.25, -0.2) is 0 Å². The van der Waals surface area contributed by atoms with Crippen molar-refractivity contribution in [2.24, 2.45) is 0 Å². The van der Waals surface area contributed by atoms with Gasteiger partial charge in [-0.2, -0.15) is 0 Å². The fourth-order valence-corrected chi connectivity index (χ4v) is 0.448. The van der Waals surface area contributed by atoms with E-state index in [4.69, 9.17) is 0 Å². The van der Waals surface area contributed by atoms with E-state index in [1.54, 1.807) is 6.20 Å². The molecule has 0 fully saturated rings. The van der Waals surface area contributed by atoms with Gasteiger partial charge in [-0.05, 0) is 19.1 Å². The van der Waals surface area contributed by atoms with Gasteiger partial charge in [0.1, 0.15) is 0 Å². The Hall–Kier alpha value is -0.785. The molecule has 1 aromatic heterocycles. The van der Waals surface area contributed by atoms with Crippen LogP contribution in [0.2, 0.25) is 0 Å². The van der Waals surface area contributed by atoms with Gasteiger partial charge in [0.15, 0.2) is 0 Å². The lowest BCUT2D eigenvalue weighted by Gasteiger charge is -1.82. The van der Waals surface area contributed by atoms with E-state index < -0.39 is 0 Å². The van der Waals surface area contributed by atoms with Crippen LogP contribution in [0.5, 0.6) is 0 Å². The topological polar surface area (TPSA) is 12.9 Å². The summed E-state index contributed by atoms with van der Waals surface area (Å²) in [6.07, 6.45) is 1.79. The molecule has 0 amide bonds. The fraction of sp³-hybridized carbons (Fsp3) is 0.167. The van der Waals surface area contributed by atoms with E-state index in [0.29, 0.717) is 0 Å². The second kappa shape index (κ2) is 3.25. The maximum atomic E-state index is 3.98. The Kier molecular flexibility index (Phi) is 2.93. The largest absolute Gasteiger partial charge is 0.262 e. The van der Waals surface area contributed by atoms with Gasteiger partial charge in [-0.3, -0.25) is 4.98 Å². The second-order valence-electron chi connectivity index (χ2n) is 1.47. The number of nitrogens with zero attached hydrogens (tertiary/aromatic N) is 1. The number of aryl methyl sites for hydroxylation is 1.